The Morgan fingerprint density at radius 2 is 2.16 bits per heavy atom. The highest BCUT2D eigenvalue weighted by molar-refractivity contribution is 5.29. The molecule has 0 aromatic carbocycles. The summed E-state index contributed by atoms with van der Waals surface area (Å²) in [6.45, 7) is 0.737. The minimum Gasteiger partial charge on any atom is -0.396 e. The van der Waals surface area contributed by atoms with Gasteiger partial charge < -0.3 is 5.11 Å². The second-order valence-corrected chi connectivity index (χ2v) is 4.29. The van der Waals surface area contributed by atoms with Crippen LogP contribution in [0.3, 0.4) is 0 Å². The number of aromatic nitrogens is 6. The molecule has 7 nitrogen and oxygen atoms in total. The Labute approximate surface area is 109 Å². The van der Waals surface area contributed by atoms with E-state index in [2.05, 4.69) is 20.3 Å². The van der Waals surface area contributed by atoms with Gasteiger partial charge in [-0.05, 0) is 18.9 Å². The van der Waals surface area contributed by atoms with E-state index < -0.39 is 0 Å². The predicted molar refractivity (Wildman–Crippen MR) is 67.5 cm³/mol. The highest BCUT2D eigenvalue weighted by Crippen LogP contribution is 2.04. The van der Waals surface area contributed by atoms with Gasteiger partial charge >= 0.3 is 0 Å². The van der Waals surface area contributed by atoms with E-state index in [9.17, 15) is 0 Å². The summed E-state index contributed by atoms with van der Waals surface area (Å²) in [6.07, 6.45) is 8.88. The average molecular weight is 258 g/mol. The van der Waals surface area contributed by atoms with Gasteiger partial charge in [-0.25, -0.2) is 14.6 Å². The van der Waals surface area contributed by atoms with Crippen LogP contribution in [0.2, 0.25) is 0 Å². The fraction of sp³-hybridized carbons (Fsp3) is 0.333. The maximum absolute atomic E-state index is 8.78. The monoisotopic (exact) mass is 258 g/mol. The minimum absolute atomic E-state index is 0.172. The molecule has 1 N–H and O–H groups in total. The van der Waals surface area contributed by atoms with Gasteiger partial charge in [0, 0.05) is 31.4 Å². The van der Waals surface area contributed by atoms with E-state index in [1.807, 2.05) is 29.1 Å². The van der Waals surface area contributed by atoms with E-state index in [4.69, 9.17) is 5.11 Å². The number of aliphatic hydroxyl groups is 1. The van der Waals surface area contributed by atoms with E-state index in [1.54, 1.807) is 10.9 Å². The van der Waals surface area contributed by atoms with Crippen molar-refractivity contribution in [2.75, 3.05) is 6.61 Å². The number of imidazole rings is 1. The molecule has 3 rings (SSSR count). The number of nitrogens with zero attached hydrogens (tertiary/aromatic N) is 6. The standard InChI is InChI=1S/C12H14N6O/c19-6-1-3-10-8-18(16-15-10)9-11-7-17-5-2-4-13-12(17)14-11/h2,4-5,7-8,19H,1,3,6,9H2. The number of fused-ring (bicyclic) bond motifs is 1. The number of hydrogen-bond donors (Lipinski definition) is 1. The summed E-state index contributed by atoms with van der Waals surface area (Å²) in [5.74, 6) is 0.679. The second-order valence-electron chi connectivity index (χ2n) is 4.29. The fourth-order valence-electron chi connectivity index (χ4n) is 1.91. The van der Waals surface area contributed by atoms with Crippen LogP contribution in [0.15, 0.2) is 30.9 Å². The molecule has 0 spiro atoms. The van der Waals surface area contributed by atoms with E-state index in [1.165, 1.54) is 0 Å². The smallest absolute Gasteiger partial charge is 0.233 e. The average Bonchev–Trinajstić information content (AvgIpc) is 3.02. The number of aryl methyl sites for hydroxylation is 1. The molecule has 0 unspecified atom stereocenters. The van der Waals surface area contributed by atoms with Gasteiger partial charge in [0.25, 0.3) is 0 Å². The molecular formula is C12H14N6O. The van der Waals surface area contributed by atoms with Crippen LogP contribution in [-0.4, -0.2) is 41.1 Å². The Balaban J connectivity index is 1.75. The van der Waals surface area contributed by atoms with Crippen molar-refractivity contribution in [3.8, 4) is 0 Å². The molecule has 0 bridgehead atoms. The molecule has 0 aliphatic rings. The summed E-state index contributed by atoms with van der Waals surface area (Å²) >= 11 is 0. The van der Waals surface area contributed by atoms with Crippen molar-refractivity contribution in [3.05, 3.63) is 42.2 Å². The van der Waals surface area contributed by atoms with E-state index in [-0.39, 0.29) is 6.61 Å². The first-order chi connectivity index (χ1) is 9.35. The highest BCUT2D eigenvalue weighted by Gasteiger charge is 2.05. The van der Waals surface area contributed by atoms with Crippen molar-refractivity contribution < 1.29 is 5.11 Å². The first-order valence-electron chi connectivity index (χ1n) is 6.13. The molecule has 7 heteroatoms. The second kappa shape index (κ2) is 5.15. The third kappa shape index (κ3) is 2.60. The zero-order chi connectivity index (χ0) is 13.1. The SMILES string of the molecule is OCCCc1cn(Cc2cn3cccnc3n2)nn1. The van der Waals surface area contributed by atoms with Crippen LogP contribution in [-0.2, 0) is 13.0 Å². The van der Waals surface area contributed by atoms with Crippen LogP contribution < -0.4 is 0 Å². The Morgan fingerprint density at radius 1 is 1.21 bits per heavy atom. The predicted octanol–water partition coefficient (Wildman–Crippen LogP) is 0.294. The molecule has 0 saturated carbocycles. The van der Waals surface area contributed by atoms with Gasteiger partial charge in [0.2, 0.25) is 5.78 Å². The topological polar surface area (TPSA) is 81.1 Å². The summed E-state index contributed by atoms with van der Waals surface area (Å²) in [4.78, 5) is 8.57. The Kier molecular flexibility index (Phi) is 3.20. The molecular weight excluding hydrogens is 244 g/mol. The maximum Gasteiger partial charge on any atom is 0.233 e. The maximum atomic E-state index is 8.78. The zero-order valence-corrected chi connectivity index (χ0v) is 10.3. The van der Waals surface area contributed by atoms with Gasteiger partial charge in [-0.15, -0.1) is 5.10 Å². The lowest BCUT2D eigenvalue weighted by molar-refractivity contribution is 0.288. The van der Waals surface area contributed by atoms with Crippen LogP contribution in [0.25, 0.3) is 5.78 Å². The molecule has 3 aromatic rings. The van der Waals surface area contributed by atoms with E-state index in [0.29, 0.717) is 18.7 Å². The van der Waals surface area contributed by atoms with Crippen LogP contribution in [0.4, 0.5) is 0 Å². The molecule has 0 amide bonds. The van der Waals surface area contributed by atoms with Crippen LogP contribution in [0, 0.1) is 0 Å². The Morgan fingerprint density at radius 3 is 3.00 bits per heavy atom. The molecule has 0 aliphatic heterocycles. The third-order valence-corrected chi connectivity index (χ3v) is 2.79. The molecule has 3 heterocycles. The lowest BCUT2D eigenvalue weighted by Crippen LogP contribution is -2.00. The Hall–Kier alpha value is -2.28. The zero-order valence-electron chi connectivity index (χ0n) is 10.3. The van der Waals surface area contributed by atoms with Crippen LogP contribution >= 0.6 is 0 Å². The molecule has 0 fully saturated rings. The third-order valence-electron chi connectivity index (χ3n) is 2.79. The van der Waals surface area contributed by atoms with Crippen molar-refractivity contribution in [2.24, 2.45) is 0 Å². The van der Waals surface area contributed by atoms with Gasteiger partial charge in [-0.3, -0.25) is 4.40 Å². The largest absolute Gasteiger partial charge is 0.396 e. The first kappa shape index (κ1) is 11.8. The van der Waals surface area contributed by atoms with Gasteiger partial charge in [0.1, 0.15) is 0 Å². The first-order valence-corrected chi connectivity index (χ1v) is 6.13. The summed E-state index contributed by atoms with van der Waals surface area (Å²) in [5.41, 5.74) is 1.77. The van der Waals surface area contributed by atoms with Crippen molar-refractivity contribution in [1.29, 1.82) is 0 Å². The van der Waals surface area contributed by atoms with Gasteiger partial charge in [-0.2, -0.15) is 0 Å². The normalized spacial score (nSPS) is 11.2. The molecule has 98 valence electrons. The number of hydrogen-bond acceptors (Lipinski definition) is 5. The summed E-state index contributed by atoms with van der Waals surface area (Å²) < 4.78 is 3.62. The molecule has 0 radical (unpaired) electrons. The lowest BCUT2D eigenvalue weighted by Gasteiger charge is -1.94. The van der Waals surface area contributed by atoms with Gasteiger partial charge in [0.05, 0.1) is 17.9 Å². The van der Waals surface area contributed by atoms with Gasteiger partial charge in [-0.1, -0.05) is 5.21 Å². The van der Waals surface area contributed by atoms with E-state index in [0.717, 1.165) is 17.8 Å². The van der Waals surface area contributed by atoms with Crippen molar-refractivity contribution >= 4 is 5.78 Å². The summed E-state index contributed by atoms with van der Waals surface area (Å²) in [6, 6.07) is 1.86. The number of rotatable bonds is 5. The minimum atomic E-state index is 0.172. The summed E-state index contributed by atoms with van der Waals surface area (Å²) in [7, 11) is 0. The molecule has 0 atom stereocenters. The van der Waals surface area contributed by atoms with Crippen molar-refractivity contribution in [3.63, 3.8) is 0 Å². The highest BCUT2D eigenvalue weighted by atomic mass is 16.2. The van der Waals surface area contributed by atoms with Crippen molar-refractivity contribution in [1.82, 2.24) is 29.4 Å². The lowest BCUT2D eigenvalue weighted by atomic mass is 10.3. The molecule has 3 aromatic heterocycles. The van der Waals surface area contributed by atoms with Crippen LogP contribution in [0.1, 0.15) is 17.8 Å². The van der Waals surface area contributed by atoms with E-state index >= 15 is 0 Å². The van der Waals surface area contributed by atoms with Crippen molar-refractivity contribution in [2.45, 2.75) is 19.4 Å². The molecule has 0 saturated heterocycles. The molecule has 0 aliphatic carbocycles. The molecule has 19 heavy (non-hydrogen) atoms. The number of aliphatic hydroxyl groups excluding tert-OH is 1. The summed E-state index contributed by atoms with van der Waals surface area (Å²) in [5, 5.41) is 16.9. The Bertz CT molecular complexity index is 640. The fourth-order valence-corrected chi connectivity index (χ4v) is 1.91. The quantitative estimate of drug-likeness (QED) is 0.711. The van der Waals surface area contributed by atoms with Crippen LogP contribution in [0.5, 0.6) is 0 Å². The van der Waals surface area contributed by atoms with Gasteiger partial charge in [0.15, 0.2) is 0 Å².